The molecule has 1 aliphatic heterocycles. The normalized spacial score (nSPS) is 16.4. The van der Waals surface area contributed by atoms with Gasteiger partial charge in [-0.15, -0.1) is 0 Å². The van der Waals surface area contributed by atoms with E-state index in [4.69, 9.17) is 36.9 Å². The summed E-state index contributed by atoms with van der Waals surface area (Å²) in [6.07, 6.45) is 3.23. The van der Waals surface area contributed by atoms with Gasteiger partial charge in [-0.25, -0.2) is 0 Å². The predicted octanol–water partition coefficient (Wildman–Crippen LogP) is 2.57. The third-order valence-corrected chi connectivity index (χ3v) is 11.0. The van der Waals surface area contributed by atoms with Crippen LogP contribution in [0.1, 0.15) is 71.9 Å². The van der Waals surface area contributed by atoms with Gasteiger partial charge < -0.3 is 52.8 Å². The van der Waals surface area contributed by atoms with E-state index < -0.39 is 53.7 Å². The fourth-order valence-electron chi connectivity index (χ4n) is 7.55. The molecule has 4 unspecified atom stereocenters. The molecule has 10 N–H and O–H groups in total. The number of carbonyl (C=O) groups is 5. The Morgan fingerprint density at radius 3 is 2.22 bits per heavy atom. The van der Waals surface area contributed by atoms with Crippen LogP contribution in [0, 0.1) is 18.3 Å². The molecule has 65 heavy (non-hydrogen) atoms. The van der Waals surface area contributed by atoms with Crippen molar-refractivity contribution >= 4 is 29.5 Å². The molecule has 0 saturated carbocycles. The van der Waals surface area contributed by atoms with Crippen LogP contribution in [0.3, 0.4) is 0 Å². The Kier molecular flexibility index (Phi) is 17.9. The molecule has 344 valence electrons. The van der Waals surface area contributed by atoms with Crippen LogP contribution in [0.25, 0.3) is 22.4 Å². The molecular formula is C48H60N10O7. The molecule has 0 aliphatic carbocycles. The number of rotatable bonds is 18. The molecular weight excluding hydrogens is 829 g/mol. The number of aromatic nitrogens is 1. The first-order valence-electron chi connectivity index (χ1n) is 21.9. The summed E-state index contributed by atoms with van der Waals surface area (Å²) in [6, 6.07) is 18.7. The number of nitriles is 1. The van der Waals surface area contributed by atoms with E-state index >= 15 is 0 Å². The SMILES string of the molecule is CCCCc1ccc(-c2ccc(C(=O)NC(CCN)C(=O)N(C)C3C(=O)NC(C)C(=O)NC(C(=O)NCC#N)Cc4ccc(OCCN)c(c4)-c4cc3ccc4OCCN)c(C)n2)cc1. The molecule has 4 atom stereocenters. The van der Waals surface area contributed by atoms with Crippen LogP contribution < -0.4 is 47.9 Å². The molecule has 17 heteroatoms. The van der Waals surface area contributed by atoms with Crippen molar-refractivity contribution in [2.24, 2.45) is 17.2 Å². The number of amides is 5. The number of hydrogen-bond donors (Lipinski definition) is 7. The van der Waals surface area contributed by atoms with Crippen molar-refractivity contribution in [3.63, 3.8) is 0 Å². The first-order chi connectivity index (χ1) is 31.3. The molecule has 17 nitrogen and oxygen atoms in total. The van der Waals surface area contributed by atoms with Gasteiger partial charge in [0, 0.05) is 43.2 Å². The average molecular weight is 889 g/mol. The zero-order chi connectivity index (χ0) is 47.0. The van der Waals surface area contributed by atoms with E-state index in [2.05, 4.69) is 40.3 Å². The molecule has 0 spiro atoms. The highest BCUT2D eigenvalue weighted by Gasteiger charge is 2.36. The number of fused-ring (bicyclic) bond motifs is 5. The highest BCUT2D eigenvalue weighted by molar-refractivity contribution is 6.00. The maximum Gasteiger partial charge on any atom is 0.253 e. The lowest BCUT2D eigenvalue weighted by Crippen LogP contribution is -2.56. The van der Waals surface area contributed by atoms with Gasteiger partial charge in [0.1, 0.15) is 55.4 Å². The molecule has 1 aliphatic rings. The summed E-state index contributed by atoms with van der Waals surface area (Å²) in [5, 5.41) is 19.9. The largest absolute Gasteiger partial charge is 0.492 e. The number of nitrogens with two attached hydrogens (primary N) is 3. The van der Waals surface area contributed by atoms with E-state index in [0.29, 0.717) is 45.1 Å². The molecule has 4 bridgehead atoms. The van der Waals surface area contributed by atoms with Crippen molar-refractivity contribution in [1.29, 1.82) is 5.26 Å². The molecule has 1 aromatic heterocycles. The maximum absolute atomic E-state index is 14.6. The Morgan fingerprint density at radius 2 is 1.58 bits per heavy atom. The minimum Gasteiger partial charge on any atom is -0.492 e. The van der Waals surface area contributed by atoms with Crippen LogP contribution in [0.5, 0.6) is 11.5 Å². The zero-order valence-corrected chi connectivity index (χ0v) is 37.4. The molecule has 0 fully saturated rings. The quantitative estimate of drug-likeness (QED) is 0.0711. The highest BCUT2D eigenvalue weighted by Crippen LogP contribution is 2.40. The van der Waals surface area contributed by atoms with Crippen LogP contribution in [-0.4, -0.2) is 104 Å². The third-order valence-electron chi connectivity index (χ3n) is 11.0. The fraction of sp³-hybridized carbons (Fsp3) is 0.396. The van der Waals surface area contributed by atoms with E-state index in [1.165, 1.54) is 24.4 Å². The first kappa shape index (κ1) is 49.2. The van der Waals surface area contributed by atoms with Crippen molar-refractivity contribution in [3.8, 4) is 40.0 Å². The van der Waals surface area contributed by atoms with Crippen molar-refractivity contribution in [3.05, 3.63) is 101 Å². The van der Waals surface area contributed by atoms with Gasteiger partial charge in [-0.1, -0.05) is 49.7 Å². The van der Waals surface area contributed by atoms with Crippen LogP contribution in [0.15, 0.2) is 72.8 Å². The number of pyridine rings is 1. The summed E-state index contributed by atoms with van der Waals surface area (Å²) in [6.45, 7) is 5.73. The highest BCUT2D eigenvalue weighted by atomic mass is 16.5. The smallest absolute Gasteiger partial charge is 0.253 e. The molecule has 0 saturated heterocycles. The van der Waals surface area contributed by atoms with Crippen LogP contribution >= 0.6 is 0 Å². The standard InChI is InChI=1S/C48H60N10O7/c1-5-6-7-31-8-11-33(12-9-31)38-15-14-35(29(2)54-38)45(60)56-39(18-19-49)48(63)58(4)43-34-13-17-42(65-25-22-52)37(28-34)36-26-32(10-16-41(36)64-24-21-51)27-40(46(61)53-23-20-50)57-44(59)30(3)55-47(43)62/h8-17,26,28,30,39-40,43H,5-7,18-19,21-25,27,49,51-52H2,1-4H3,(H,53,61)(H,55,62)(H,56,60)(H,57,59). The second-order valence-electron chi connectivity index (χ2n) is 15.8. The van der Waals surface area contributed by atoms with E-state index in [0.717, 1.165) is 24.8 Å². The summed E-state index contributed by atoms with van der Waals surface area (Å²) in [7, 11) is 1.43. The monoisotopic (exact) mass is 888 g/mol. The van der Waals surface area contributed by atoms with Crippen molar-refractivity contribution in [1.82, 2.24) is 31.2 Å². The first-order valence-corrected chi connectivity index (χ1v) is 21.9. The molecule has 5 amide bonds. The number of hydrogen-bond acceptors (Lipinski definition) is 12. The summed E-state index contributed by atoms with van der Waals surface area (Å²) in [5.41, 5.74) is 23.1. The summed E-state index contributed by atoms with van der Waals surface area (Å²) in [5.74, 6) is -2.46. The van der Waals surface area contributed by atoms with Crippen molar-refractivity contribution in [2.45, 2.75) is 77.0 Å². The average Bonchev–Trinajstić information content (AvgIpc) is 3.30. The number of aryl methyl sites for hydroxylation is 2. The lowest BCUT2D eigenvalue weighted by Gasteiger charge is -2.32. The van der Waals surface area contributed by atoms with Crippen LogP contribution in [-0.2, 0) is 32.0 Å². The number of carbonyl (C=O) groups excluding carboxylic acids is 5. The van der Waals surface area contributed by atoms with E-state index in [1.54, 1.807) is 55.5 Å². The van der Waals surface area contributed by atoms with E-state index in [9.17, 15) is 24.0 Å². The molecule has 0 radical (unpaired) electrons. The summed E-state index contributed by atoms with van der Waals surface area (Å²) < 4.78 is 12.2. The van der Waals surface area contributed by atoms with Gasteiger partial charge >= 0.3 is 0 Å². The number of likely N-dealkylation sites (N-methyl/N-ethyl adjacent to an activating group) is 1. The fourth-order valence-corrected chi connectivity index (χ4v) is 7.55. The van der Waals surface area contributed by atoms with Gasteiger partial charge in [0.05, 0.1) is 23.0 Å². The van der Waals surface area contributed by atoms with Crippen LogP contribution in [0.2, 0.25) is 0 Å². The number of benzene rings is 3. The zero-order valence-electron chi connectivity index (χ0n) is 37.4. The lowest BCUT2D eigenvalue weighted by molar-refractivity contribution is -0.141. The molecule has 4 aromatic rings. The van der Waals surface area contributed by atoms with E-state index in [1.807, 2.05) is 18.2 Å². The number of nitrogens with one attached hydrogen (secondary N) is 4. The summed E-state index contributed by atoms with van der Waals surface area (Å²) in [4.78, 5) is 76.1. The van der Waals surface area contributed by atoms with Crippen LogP contribution in [0.4, 0.5) is 0 Å². The van der Waals surface area contributed by atoms with Gasteiger partial charge in [0.25, 0.3) is 5.91 Å². The molecule has 2 heterocycles. The minimum absolute atomic E-state index is 0.00729. The van der Waals surface area contributed by atoms with E-state index in [-0.39, 0.29) is 57.8 Å². The van der Waals surface area contributed by atoms with Gasteiger partial charge in [-0.05, 0) is 92.7 Å². The lowest BCUT2D eigenvalue weighted by atomic mass is 9.93. The Labute approximate surface area is 379 Å². The van der Waals surface area contributed by atoms with Gasteiger partial charge in [-0.2, -0.15) is 5.26 Å². The Hall–Kier alpha value is -6.87. The second-order valence-corrected chi connectivity index (χ2v) is 15.8. The summed E-state index contributed by atoms with van der Waals surface area (Å²) >= 11 is 0. The van der Waals surface area contributed by atoms with Crippen molar-refractivity contribution in [2.75, 3.05) is 46.4 Å². The second kappa shape index (κ2) is 23.7. The Morgan fingerprint density at radius 1 is 0.908 bits per heavy atom. The van der Waals surface area contributed by atoms with Gasteiger partial charge in [0.2, 0.25) is 23.6 Å². The maximum atomic E-state index is 14.6. The Bertz CT molecular complexity index is 2370. The molecule has 3 aromatic carbocycles. The number of unbranched alkanes of at least 4 members (excludes halogenated alkanes) is 1. The molecule has 5 rings (SSSR count). The topological polar surface area (TPSA) is 270 Å². The van der Waals surface area contributed by atoms with Gasteiger partial charge in [0.15, 0.2) is 0 Å². The number of nitrogens with zero attached hydrogens (tertiary/aromatic N) is 3. The number of ether oxygens (including phenoxy) is 2. The van der Waals surface area contributed by atoms with Gasteiger partial charge in [-0.3, -0.25) is 29.0 Å². The predicted molar refractivity (Wildman–Crippen MR) is 246 cm³/mol. The third kappa shape index (κ3) is 12.7. The minimum atomic E-state index is -1.39. The Balaban J connectivity index is 1.54. The van der Waals surface area contributed by atoms with Crippen molar-refractivity contribution < 1.29 is 33.4 Å².